The highest BCUT2D eigenvalue weighted by Crippen LogP contribution is 2.38. The van der Waals surface area contributed by atoms with Gasteiger partial charge in [-0.05, 0) is 29.8 Å². The molecule has 0 saturated carbocycles. The van der Waals surface area contributed by atoms with Crippen LogP contribution in [0.5, 0.6) is 0 Å². The molecule has 2 aromatic carbocycles. The average molecular weight is 323 g/mol. The molecule has 0 radical (unpaired) electrons. The van der Waals surface area contributed by atoms with Crippen LogP contribution in [0.4, 0.5) is 5.95 Å². The van der Waals surface area contributed by atoms with Crippen molar-refractivity contribution in [2.75, 3.05) is 5.32 Å². The van der Waals surface area contributed by atoms with Crippen LogP contribution in [0.1, 0.15) is 11.6 Å². The number of rotatable bonds is 1. The molecule has 1 amide bonds. The SMILES string of the molecule is N#C[C@@H]1C(=O)Nc2nc3ccccc3n2[C@H]1c1cccc(Cl)c1. The molecule has 0 saturated heterocycles. The highest BCUT2D eigenvalue weighted by atomic mass is 35.5. The molecule has 23 heavy (non-hydrogen) atoms. The molecule has 0 fully saturated rings. The Labute approximate surface area is 137 Å². The highest BCUT2D eigenvalue weighted by Gasteiger charge is 2.38. The first-order valence-electron chi connectivity index (χ1n) is 7.12. The molecule has 0 bridgehead atoms. The summed E-state index contributed by atoms with van der Waals surface area (Å²) in [5, 5.41) is 12.8. The Hall–Kier alpha value is -2.84. The Balaban J connectivity index is 2.02. The number of fused-ring (bicyclic) bond motifs is 3. The third kappa shape index (κ3) is 2.07. The summed E-state index contributed by atoms with van der Waals surface area (Å²) in [6.45, 7) is 0. The number of para-hydroxylation sites is 2. The van der Waals surface area contributed by atoms with E-state index in [0.29, 0.717) is 11.0 Å². The molecule has 5 nitrogen and oxygen atoms in total. The number of carbonyl (C=O) groups is 1. The van der Waals surface area contributed by atoms with Crippen molar-refractivity contribution < 1.29 is 4.79 Å². The minimum Gasteiger partial charge on any atom is -0.300 e. The molecule has 1 aliphatic heterocycles. The smallest absolute Gasteiger partial charge is 0.246 e. The fourth-order valence-electron chi connectivity index (χ4n) is 3.06. The van der Waals surface area contributed by atoms with Gasteiger partial charge in [0.15, 0.2) is 5.92 Å². The largest absolute Gasteiger partial charge is 0.300 e. The van der Waals surface area contributed by atoms with E-state index in [2.05, 4.69) is 16.4 Å². The molecule has 0 unspecified atom stereocenters. The minimum absolute atomic E-state index is 0.347. The molecule has 6 heteroatoms. The fourth-order valence-corrected chi connectivity index (χ4v) is 3.25. The third-order valence-electron chi connectivity index (χ3n) is 4.04. The Kier molecular flexibility index (Phi) is 3.07. The van der Waals surface area contributed by atoms with Gasteiger partial charge in [0.05, 0.1) is 23.1 Å². The predicted molar refractivity (Wildman–Crippen MR) is 87.1 cm³/mol. The Morgan fingerprint density at radius 2 is 2.04 bits per heavy atom. The number of nitriles is 1. The van der Waals surface area contributed by atoms with E-state index in [4.69, 9.17) is 11.6 Å². The number of amides is 1. The minimum atomic E-state index is -0.849. The van der Waals surface area contributed by atoms with Gasteiger partial charge in [-0.15, -0.1) is 0 Å². The van der Waals surface area contributed by atoms with E-state index in [1.807, 2.05) is 41.0 Å². The summed E-state index contributed by atoms with van der Waals surface area (Å²) in [6, 6.07) is 16.5. The average Bonchev–Trinajstić information content (AvgIpc) is 2.91. The Morgan fingerprint density at radius 1 is 1.22 bits per heavy atom. The molecular formula is C17H11ClN4O. The zero-order chi connectivity index (χ0) is 16.0. The number of halogens is 1. The quantitative estimate of drug-likeness (QED) is 0.746. The van der Waals surface area contributed by atoms with E-state index in [1.54, 1.807) is 12.1 Å². The number of hydrogen-bond donors (Lipinski definition) is 1. The van der Waals surface area contributed by atoms with Crippen LogP contribution < -0.4 is 5.32 Å². The van der Waals surface area contributed by atoms with Crippen LogP contribution in [-0.2, 0) is 4.79 Å². The van der Waals surface area contributed by atoms with Gasteiger partial charge in [-0.1, -0.05) is 35.9 Å². The summed E-state index contributed by atoms with van der Waals surface area (Å²) in [5.41, 5.74) is 2.45. The summed E-state index contributed by atoms with van der Waals surface area (Å²) < 4.78 is 1.90. The van der Waals surface area contributed by atoms with Gasteiger partial charge >= 0.3 is 0 Å². The van der Waals surface area contributed by atoms with E-state index in [1.165, 1.54) is 0 Å². The van der Waals surface area contributed by atoms with Crippen molar-refractivity contribution in [2.45, 2.75) is 6.04 Å². The van der Waals surface area contributed by atoms with Crippen molar-refractivity contribution in [3.63, 3.8) is 0 Å². The maximum Gasteiger partial charge on any atom is 0.246 e. The number of nitrogens with one attached hydrogen (secondary N) is 1. The van der Waals surface area contributed by atoms with E-state index in [-0.39, 0.29) is 5.91 Å². The molecule has 0 aliphatic carbocycles. The molecule has 2 heterocycles. The van der Waals surface area contributed by atoms with Gasteiger partial charge in [0.1, 0.15) is 0 Å². The van der Waals surface area contributed by atoms with Crippen LogP contribution in [-0.4, -0.2) is 15.5 Å². The number of hydrogen-bond acceptors (Lipinski definition) is 3. The highest BCUT2D eigenvalue weighted by molar-refractivity contribution is 6.30. The van der Waals surface area contributed by atoms with Crippen molar-refractivity contribution in [3.8, 4) is 6.07 Å². The first kappa shape index (κ1) is 13.8. The number of anilines is 1. The maximum absolute atomic E-state index is 12.3. The molecule has 3 aromatic rings. The van der Waals surface area contributed by atoms with Crippen molar-refractivity contribution in [3.05, 3.63) is 59.1 Å². The van der Waals surface area contributed by atoms with Gasteiger partial charge in [-0.3, -0.25) is 10.1 Å². The number of imidazole rings is 1. The number of aromatic nitrogens is 2. The van der Waals surface area contributed by atoms with Crippen molar-refractivity contribution >= 4 is 34.5 Å². The first-order chi connectivity index (χ1) is 11.2. The second-order valence-electron chi connectivity index (χ2n) is 5.39. The number of carbonyl (C=O) groups excluding carboxylic acids is 1. The second kappa shape index (κ2) is 5.11. The molecule has 1 aromatic heterocycles. The Bertz CT molecular complexity index is 972. The lowest BCUT2D eigenvalue weighted by molar-refractivity contribution is -0.119. The molecule has 112 valence electrons. The van der Waals surface area contributed by atoms with E-state index in [9.17, 15) is 10.1 Å². The Morgan fingerprint density at radius 3 is 2.83 bits per heavy atom. The lowest BCUT2D eigenvalue weighted by atomic mass is 9.91. The lowest BCUT2D eigenvalue weighted by Crippen LogP contribution is -2.37. The third-order valence-corrected chi connectivity index (χ3v) is 4.27. The summed E-state index contributed by atoms with van der Waals surface area (Å²) in [4.78, 5) is 16.8. The zero-order valence-corrected chi connectivity index (χ0v) is 12.7. The second-order valence-corrected chi connectivity index (χ2v) is 5.83. The first-order valence-corrected chi connectivity index (χ1v) is 7.50. The van der Waals surface area contributed by atoms with Gasteiger partial charge in [0.2, 0.25) is 11.9 Å². The summed E-state index contributed by atoms with van der Waals surface area (Å²) in [7, 11) is 0. The molecule has 1 N–H and O–H groups in total. The summed E-state index contributed by atoms with van der Waals surface area (Å²) >= 11 is 6.10. The van der Waals surface area contributed by atoms with Crippen LogP contribution in [0.3, 0.4) is 0 Å². The van der Waals surface area contributed by atoms with Crippen molar-refractivity contribution in [1.82, 2.24) is 9.55 Å². The monoisotopic (exact) mass is 322 g/mol. The molecular weight excluding hydrogens is 312 g/mol. The van der Waals surface area contributed by atoms with E-state index < -0.39 is 12.0 Å². The fraction of sp³-hybridized carbons (Fsp3) is 0.118. The molecule has 0 spiro atoms. The van der Waals surface area contributed by atoms with Crippen molar-refractivity contribution in [2.24, 2.45) is 5.92 Å². The van der Waals surface area contributed by atoms with E-state index in [0.717, 1.165) is 16.6 Å². The van der Waals surface area contributed by atoms with Crippen LogP contribution in [0.2, 0.25) is 5.02 Å². The topological polar surface area (TPSA) is 70.7 Å². The molecule has 2 atom stereocenters. The molecule has 4 rings (SSSR count). The maximum atomic E-state index is 12.3. The van der Waals surface area contributed by atoms with Gasteiger partial charge in [-0.2, -0.15) is 5.26 Å². The van der Waals surface area contributed by atoms with Crippen molar-refractivity contribution in [1.29, 1.82) is 5.26 Å². The summed E-state index contributed by atoms with van der Waals surface area (Å²) in [6.07, 6.45) is 0. The van der Waals surface area contributed by atoms with Gasteiger partial charge in [0, 0.05) is 5.02 Å². The normalized spacial score (nSPS) is 19.9. The van der Waals surface area contributed by atoms with E-state index >= 15 is 0 Å². The number of benzene rings is 2. The van der Waals surface area contributed by atoms with Crippen LogP contribution in [0.15, 0.2) is 48.5 Å². The number of nitrogens with zero attached hydrogens (tertiary/aromatic N) is 3. The van der Waals surface area contributed by atoms with Crippen LogP contribution >= 0.6 is 11.6 Å². The molecule has 1 aliphatic rings. The lowest BCUT2D eigenvalue weighted by Gasteiger charge is -2.30. The van der Waals surface area contributed by atoms with Gasteiger partial charge in [-0.25, -0.2) is 4.98 Å². The van der Waals surface area contributed by atoms with Gasteiger partial charge in [0.25, 0.3) is 0 Å². The van der Waals surface area contributed by atoms with Gasteiger partial charge < -0.3 is 4.57 Å². The standard InChI is InChI=1S/C17H11ClN4O/c18-11-5-3-4-10(8-11)15-12(9-19)16(23)21-17-20-13-6-1-2-7-14(13)22(15)17/h1-8,12,15H,(H,20,21,23)/t12-,15-/m0/s1. The summed E-state index contributed by atoms with van der Waals surface area (Å²) in [5.74, 6) is -0.744. The predicted octanol–water partition coefficient (Wildman–Crippen LogP) is 3.37. The van der Waals surface area contributed by atoms with Crippen LogP contribution in [0.25, 0.3) is 11.0 Å². The zero-order valence-electron chi connectivity index (χ0n) is 11.9. The van der Waals surface area contributed by atoms with Crippen LogP contribution in [0, 0.1) is 17.2 Å².